The van der Waals surface area contributed by atoms with Crippen molar-refractivity contribution in [3.63, 3.8) is 0 Å². The zero-order valence-corrected chi connectivity index (χ0v) is 7.75. The molecule has 0 aromatic heterocycles. The maximum Gasteiger partial charge on any atom is 0.0834 e. The quantitative estimate of drug-likeness (QED) is 0.596. The van der Waals surface area contributed by atoms with Crippen LogP contribution in [0.5, 0.6) is 0 Å². The predicted octanol–water partition coefficient (Wildman–Crippen LogP) is 0.526. The molecule has 3 nitrogen and oxygen atoms in total. The summed E-state index contributed by atoms with van der Waals surface area (Å²) in [5, 5.41) is 12.6. The van der Waals surface area contributed by atoms with Crippen molar-refractivity contribution in [2.24, 2.45) is 0 Å². The van der Waals surface area contributed by atoms with E-state index in [-0.39, 0.29) is 12.2 Å². The minimum atomic E-state index is -0.216. The first-order chi connectivity index (χ1) is 5.84. The van der Waals surface area contributed by atoms with E-state index >= 15 is 0 Å². The average Bonchev–Trinajstić information content (AvgIpc) is 2.46. The first-order valence-corrected chi connectivity index (χ1v) is 4.85. The second kappa shape index (κ2) is 5.51. The highest BCUT2D eigenvalue weighted by atomic mass is 16.5. The fraction of sp³-hybridized carbons (Fsp3) is 1.00. The van der Waals surface area contributed by atoms with Gasteiger partial charge in [-0.05, 0) is 25.8 Å². The van der Waals surface area contributed by atoms with Crippen molar-refractivity contribution in [3.8, 4) is 0 Å². The molecule has 2 unspecified atom stereocenters. The number of nitrogens with one attached hydrogen (secondary N) is 1. The van der Waals surface area contributed by atoms with Crippen LogP contribution in [0.2, 0.25) is 0 Å². The lowest BCUT2D eigenvalue weighted by atomic mass is 10.3. The molecule has 12 heavy (non-hydrogen) atoms. The number of rotatable bonds is 5. The van der Waals surface area contributed by atoms with Gasteiger partial charge in [-0.25, -0.2) is 0 Å². The number of likely N-dealkylation sites (N-methyl/N-ethyl adjacent to an activating group) is 1. The second-order valence-electron chi connectivity index (χ2n) is 3.26. The van der Waals surface area contributed by atoms with E-state index in [4.69, 9.17) is 4.74 Å². The van der Waals surface area contributed by atoms with Crippen LogP contribution in [0.15, 0.2) is 0 Å². The van der Waals surface area contributed by atoms with Gasteiger partial charge >= 0.3 is 0 Å². The molecule has 1 aliphatic carbocycles. The van der Waals surface area contributed by atoms with Gasteiger partial charge in [0, 0.05) is 6.54 Å². The van der Waals surface area contributed by atoms with Gasteiger partial charge in [0.2, 0.25) is 0 Å². The molecule has 0 amide bonds. The van der Waals surface area contributed by atoms with Gasteiger partial charge < -0.3 is 15.2 Å². The molecule has 1 fully saturated rings. The Morgan fingerprint density at radius 1 is 1.50 bits per heavy atom. The Kier molecular flexibility index (Phi) is 4.58. The second-order valence-corrected chi connectivity index (χ2v) is 3.26. The lowest BCUT2D eigenvalue weighted by molar-refractivity contribution is -0.0168. The predicted molar refractivity (Wildman–Crippen MR) is 48.1 cm³/mol. The van der Waals surface area contributed by atoms with Crippen molar-refractivity contribution < 1.29 is 9.84 Å². The van der Waals surface area contributed by atoms with Crippen LogP contribution >= 0.6 is 0 Å². The molecule has 0 bridgehead atoms. The van der Waals surface area contributed by atoms with E-state index in [2.05, 4.69) is 12.2 Å². The van der Waals surface area contributed by atoms with E-state index in [0.717, 1.165) is 39.0 Å². The number of aliphatic hydroxyl groups excluding tert-OH is 1. The number of hydrogen-bond acceptors (Lipinski definition) is 3. The van der Waals surface area contributed by atoms with Gasteiger partial charge in [0.05, 0.1) is 18.8 Å². The third kappa shape index (κ3) is 3.09. The molecule has 72 valence electrons. The van der Waals surface area contributed by atoms with Crippen LogP contribution in [-0.2, 0) is 4.74 Å². The molecule has 0 saturated heterocycles. The molecule has 0 heterocycles. The Labute approximate surface area is 74.1 Å². The number of ether oxygens (including phenoxy) is 1. The molecule has 0 radical (unpaired) electrons. The van der Waals surface area contributed by atoms with E-state index in [0.29, 0.717) is 0 Å². The van der Waals surface area contributed by atoms with Crippen molar-refractivity contribution in [1.82, 2.24) is 5.32 Å². The Morgan fingerprint density at radius 3 is 2.92 bits per heavy atom. The first kappa shape index (κ1) is 9.96. The molecule has 0 aliphatic heterocycles. The van der Waals surface area contributed by atoms with Crippen LogP contribution in [0, 0.1) is 0 Å². The molecule has 1 rings (SSSR count). The minimum Gasteiger partial charge on any atom is -0.390 e. The molecule has 2 atom stereocenters. The minimum absolute atomic E-state index is 0.101. The SMILES string of the molecule is CCNCCOC1CCCC1O. The van der Waals surface area contributed by atoms with E-state index in [1.54, 1.807) is 0 Å². The summed E-state index contributed by atoms with van der Waals surface area (Å²) in [6.07, 6.45) is 2.92. The fourth-order valence-electron chi connectivity index (χ4n) is 1.56. The van der Waals surface area contributed by atoms with Crippen molar-refractivity contribution in [1.29, 1.82) is 0 Å². The smallest absolute Gasteiger partial charge is 0.0834 e. The van der Waals surface area contributed by atoms with Crippen LogP contribution in [0.1, 0.15) is 26.2 Å². The van der Waals surface area contributed by atoms with E-state index in [1.165, 1.54) is 0 Å². The molecule has 1 aliphatic rings. The summed E-state index contributed by atoms with van der Waals surface area (Å²) in [5.74, 6) is 0. The van der Waals surface area contributed by atoms with Crippen molar-refractivity contribution in [3.05, 3.63) is 0 Å². The van der Waals surface area contributed by atoms with Gasteiger partial charge in [-0.3, -0.25) is 0 Å². The van der Waals surface area contributed by atoms with E-state index < -0.39 is 0 Å². The highest BCUT2D eigenvalue weighted by Gasteiger charge is 2.25. The van der Waals surface area contributed by atoms with Gasteiger partial charge in [0.25, 0.3) is 0 Å². The summed E-state index contributed by atoms with van der Waals surface area (Å²) >= 11 is 0. The Morgan fingerprint density at radius 2 is 2.33 bits per heavy atom. The standard InChI is InChI=1S/C9H19NO2/c1-2-10-6-7-12-9-5-3-4-8(9)11/h8-11H,2-7H2,1H3. The highest BCUT2D eigenvalue weighted by Crippen LogP contribution is 2.21. The molecular weight excluding hydrogens is 154 g/mol. The summed E-state index contributed by atoms with van der Waals surface area (Å²) in [4.78, 5) is 0. The summed E-state index contributed by atoms with van der Waals surface area (Å²) < 4.78 is 5.50. The van der Waals surface area contributed by atoms with E-state index in [1.807, 2.05) is 0 Å². The molecular formula is C9H19NO2. The van der Waals surface area contributed by atoms with Crippen molar-refractivity contribution >= 4 is 0 Å². The molecule has 3 heteroatoms. The third-order valence-electron chi connectivity index (χ3n) is 2.28. The Hall–Kier alpha value is -0.120. The largest absolute Gasteiger partial charge is 0.390 e. The topological polar surface area (TPSA) is 41.5 Å². The summed E-state index contributed by atoms with van der Waals surface area (Å²) in [7, 11) is 0. The number of aliphatic hydroxyl groups is 1. The summed E-state index contributed by atoms with van der Waals surface area (Å²) in [6, 6.07) is 0. The zero-order chi connectivity index (χ0) is 8.81. The summed E-state index contributed by atoms with van der Waals surface area (Å²) in [5.41, 5.74) is 0. The average molecular weight is 173 g/mol. The van der Waals surface area contributed by atoms with Gasteiger partial charge in [-0.1, -0.05) is 6.92 Å². The normalized spacial score (nSPS) is 29.5. The molecule has 2 N–H and O–H groups in total. The lowest BCUT2D eigenvalue weighted by Crippen LogP contribution is -2.27. The number of hydrogen-bond donors (Lipinski definition) is 2. The lowest BCUT2D eigenvalue weighted by Gasteiger charge is -2.15. The zero-order valence-electron chi connectivity index (χ0n) is 7.75. The van der Waals surface area contributed by atoms with Crippen LogP contribution in [-0.4, -0.2) is 37.0 Å². The Balaban J connectivity index is 1.98. The Bertz CT molecular complexity index is 119. The van der Waals surface area contributed by atoms with Crippen LogP contribution in [0.4, 0.5) is 0 Å². The third-order valence-corrected chi connectivity index (χ3v) is 2.28. The van der Waals surface area contributed by atoms with E-state index in [9.17, 15) is 5.11 Å². The van der Waals surface area contributed by atoms with Gasteiger partial charge in [-0.15, -0.1) is 0 Å². The van der Waals surface area contributed by atoms with Gasteiger partial charge in [0.1, 0.15) is 0 Å². The fourth-order valence-corrected chi connectivity index (χ4v) is 1.56. The highest BCUT2D eigenvalue weighted by molar-refractivity contribution is 4.76. The molecule has 0 aromatic carbocycles. The van der Waals surface area contributed by atoms with Crippen LogP contribution in [0.25, 0.3) is 0 Å². The maximum atomic E-state index is 9.40. The van der Waals surface area contributed by atoms with Crippen LogP contribution < -0.4 is 5.32 Å². The van der Waals surface area contributed by atoms with Gasteiger partial charge in [-0.2, -0.15) is 0 Å². The van der Waals surface area contributed by atoms with Crippen LogP contribution in [0.3, 0.4) is 0 Å². The maximum absolute atomic E-state index is 9.40. The van der Waals surface area contributed by atoms with Gasteiger partial charge in [0.15, 0.2) is 0 Å². The van der Waals surface area contributed by atoms with Crippen molar-refractivity contribution in [2.75, 3.05) is 19.7 Å². The first-order valence-electron chi connectivity index (χ1n) is 4.85. The monoisotopic (exact) mass is 173 g/mol. The summed E-state index contributed by atoms with van der Waals surface area (Å²) in [6.45, 7) is 4.66. The molecule has 0 aromatic rings. The molecule has 1 saturated carbocycles. The molecule has 0 spiro atoms. The van der Waals surface area contributed by atoms with Crippen molar-refractivity contribution in [2.45, 2.75) is 38.4 Å².